The number of nitrogens with two attached hydrogens (primary N) is 1. The third-order valence-corrected chi connectivity index (χ3v) is 3.29. The molecule has 0 saturated heterocycles. The van der Waals surface area contributed by atoms with Crippen LogP contribution in [0.5, 0.6) is 0 Å². The van der Waals surface area contributed by atoms with Crippen molar-refractivity contribution in [2.45, 2.75) is 33.7 Å². The quantitative estimate of drug-likeness (QED) is 0.451. The first kappa shape index (κ1) is 22.3. The molecule has 3 N–H and O–H groups in total. The zero-order valence-electron chi connectivity index (χ0n) is 15.1. The number of hydrogen-bond acceptors (Lipinski definition) is 6. The molecule has 1 amide bonds. The van der Waals surface area contributed by atoms with Crippen LogP contribution in [-0.4, -0.2) is 71.3 Å². The molecule has 0 aromatic carbocycles. The van der Waals surface area contributed by atoms with E-state index in [0.717, 1.165) is 0 Å². The van der Waals surface area contributed by atoms with E-state index < -0.39 is 0 Å². The molecule has 0 aliphatic rings. The zero-order chi connectivity index (χ0) is 17.6. The summed E-state index contributed by atoms with van der Waals surface area (Å²) < 4.78 is 21.1. The molecule has 0 aromatic heterocycles. The molecule has 0 aliphatic heterocycles. The molecule has 0 bridgehead atoms. The average molecular weight is 334 g/mol. The van der Waals surface area contributed by atoms with Crippen LogP contribution in [0.25, 0.3) is 0 Å². The summed E-state index contributed by atoms with van der Waals surface area (Å²) >= 11 is 0. The number of ether oxygens (including phenoxy) is 4. The van der Waals surface area contributed by atoms with Gasteiger partial charge in [0.2, 0.25) is 5.91 Å². The maximum atomic E-state index is 11.7. The van der Waals surface area contributed by atoms with Gasteiger partial charge >= 0.3 is 0 Å². The summed E-state index contributed by atoms with van der Waals surface area (Å²) in [7, 11) is 0. The zero-order valence-corrected chi connectivity index (χ0v) is 15.1. The van der Waals surface area contributed by atoms with Crippen molar-refractivity contribution in [1.29, 1.82) is 0 Å². The Morgan fingerprint density at radius 1 is 0.913 bits per heavy atom. The van der Waals surface area contributed by atoms with Gasteiger partial charge in [0, 0.05) is 12.6 Å². The predicted octanol–water partition coefficient (Wildman–Crippen LogP) is 0.562. The third kappa shape index (κ3) is 14.6. The van der Waals surface area contributed by atoms with Gasteiger partial charge in [-0.1, -0.05) is 20.8 Å². The smallest absolute Gasteiger partial charge is 0.246 e. The first-order valence-electron chi connectivity index (χ1n) is 8.18. The van der Waals surface area contributed by atoms with Gasteiger partial charge in [-0.25, -0.2) is 0 Å². The molecule has 1 atom stereocenters. The van der Waals surface area contributed by atoms with E-state index in [4.69, 9.17) is 24.7 Å². The van der Waals surface area contributed by atoms with Crippen LogP contribution in [0.15, 0.2) is 0 Å². The number of carbonyl (C=O) groups is 1. The highest BCUT2D eigenvalue weighted by Gasteiger charge is 2.21. The fourth-order valence-corrected chi connectivity index (χ4v) is 1.41. The summed E-state index contributed by atoms with van der Waals surface area (Å²) in [6.07, 6.45) is 0. The Morgan fingerprint density at radius 2 is 1.35 bits per heavy atom. The molecule has 0 aromatic rings. The van der Waals surface area contributed by atoms with Crippen LogP contribution >= 0.6 is 0 Å². The molecular weight excluding hydrogens is 300 g/mol. The number of amides is 1. The Balaban J connectivity index is 3.31. The first-order chi connectivity index (χ1) is 10.9. The highest BCUT2D eigenvalue weighted by molar-refractivity contribution is 5.77. The minimum atomic E-state index is -0.103. The van der Waals surface area contributed by atoms with E-state index >= 15 is 0 Å². The lowest BCUT2D eigenvalue weighted by molar-refractivity contribution is -0.127. The normalized spacial score (nSPS) is 13.1. The second-order valence-electron chi connectivity index (χ2n) is 6.33. The van der Waals surface area contributed by atoms with Crippen LogP contribution in [-0.2, 0) is 23.7 Å². The molecule has 0 saturated carbocycles. The molecule has 138 valence electrons. The van der Waals surface area contributed by atoms with Gasteiger partial charge in [0.15, 0.2) is 0 Å². The lowest BCUT2D eigenvalue weighted by Crippen LogP contribution is -2.43. The van der Waals surface area contributed by atoms with Gasteiger partial charge in [-0.15, -0.1) is 0 Å². The second-order valence-corrected chi connectivity index (χ2v) is 6.33. The number of nitrogens with one attached hydrogen (secondary N) is 1. The van der Waals surface area contributed by atoms with E-state index in [1.807, 2.05) is 6.92 Å². The molecule has 0 heterocycles. The first-order valence-corrected chi connectivity index (χ1v) is 8.18. The highest BCUT2D eigenvalue weighted by Crippen LogP contribution is 2.18. The summed E-state index contributed by atoms with van der Waals surface area (Å²) in [6, 6.07) is 0.0980. The molecule has 0 fully saturated rings. The second kappa shape index (κ2) is 13.7. The molecule has 0 rings (SSSR count). The van der Waals surface area contributed by atoms with Crippen LogP contribution < -0.4 is 11.1 Å². The molecule has 0 unspecified atom stereocenters. The van der Waals surface area contributed by atoms with Crippen molar-refractivity contribution < 1.29 is 23.7 Å². The standard InChI is InChI=1S/C16H34N2O5/c1-14(16(2,3)4)18-15(19)13-23-12-11-22-10-9-21-8-7-20-6-5-17/h14H,5-13,17H2,1-4H3,(H,18,19)/t14-/m0/s1. The van der Waals surface area contributed by atoms with Crippen molar-refractivity contribution in [1.82, 2.24) is 5.32 Å². The molecular formula is C16H34N2O5. The van der Waals surface area contributed by atoms with Crippen molar-refractivity contribution >= 4 is 5.91 Å². The van der Waals surface area contributed by atoms with Crippen LogP contribution in [0.4, 0.5) is 0 Å². The Bertz CT molecular complexity index is 295. The van der Waals surface area contributed by atoms with Crippen molar-refractivity contribution in [3.05, 3.63) is 0 Å². The van der Waals surface area contributed by atoms with Crippen LogP contribution in [0.1, 0.15) is 27.7 Å². The molecule has 23 heavy (non-hydrogen) atoms. The molecule has 0 spiro atoms. The molecule has 0 aliphatic carbocycles. The van der Waals surface area contributed by atoms with Gasteiger partial charge in [0.05, 0.1) is 46.2 Å². The third-order valence-electron chi connectivity index (χ3n) is 3.29. The maximum Gasteiger partial charge on any atom is 0.246 e. The lowest BCUT2D eigenvalue weighted by atomic mass is 9.88. The average Bonchev–Trinajstić information content (AvgIpc) is 2.47. The highest BCUT2D eigenvalue weighted by atomic mass is 16.6. The molecule has 0 radical (unpaired) electrons. The fraction of sp³-hybridized carbons (Fsp3) is 0.938. The summed E-state index contributed by atoms with van der Waals surface area (Å²) in [5.74, 6) is -0.103. The topological polar surface area (TPSA) is 92.0 Å². The number of hydrogen-bond donors (Lipinski definition) is 2. The van der Waals surface area contributed by atoms with E-state index in [1.54, 1.807) is 0 Å². The summed E-state index contributed by atoms with van der Waals surface area (Å²) in [5, 5.41) is 2.92. The Morgan fingerprint density at radius 3 is 1.78 bits per heavy atom. The van der Waals surface area contributed by atoms with Crippen molar-refractivity contribution in [2.75, 3.05) is 59.4 Å². The maximum absolute atomic E-state index is 11.7. The van der Waals surface area contributed by atoms with E-state index in [0.29, 0.717) is 52.8 Å². The number of rotatable bonds is 14. The summed E-state index contributed by atoms with van der Waals surface area (Å²) in [5.41, 5.74) is 5.32. The monoisotopic (exact) mass is 334 g/mol. The van der Waals surface area contributed by atoms with Gasteiger partial charge in [0.1, 0.15) is 6.61 Å². The van der Waals surface area contributed by atoms with E-state index in [-0.39, 0.29) is 24.0 Å². The number of carbonyl (C=O) groups excluding carboxylic acids is 1. The summed E-state index contributed by atoms with van der Waals surface area (Å²) in [4.78, 5) is 11.7. The van der Waals surface area contributed by atoms with E-state index in [1.165, 1.54) is 0 Å². The van der Waals surface area contributed by atoms with Crippen LogP contribution in [0, 0.1) is 5.41 Å². The van der Waals surface area contributed by atoms with Gasteiger partial charge in [0.25, 0.3) is 0 Å². The van der Waals surface area contributed by atoms with E-state index in [9.17, 15) is 4.79 Å². The van der Waals surface area contributed by atoms with Crippen molar-refractivity contribution in [2.24, 2.45) is 11.1 Å². The molecule has 7 heteroatoms. The fourth-order valence-electron chi connectivity index (χ4n) is 1.41. The van der Waals surface area contributed by atoms with Crippen LogP contribution in [0.2, 0.25) is 0 Å². The van der Waals surface area contributed by atoms with Gasteiger partial charge in [-0.3, -0.25) is 4.79 Å². The Kier molecular flexibility index (Phi) is 13.3. The Hall–Kier alpha value is -0.730. The molecule has 7 nitrogen and oxygen atoms in total. The summed E-state index contributed by atoms with van der Waals surface area (Å²) in [6.45, 7) is 12.3. The van der Waals surface area contributed by atoms with Gasteiger partial charge < -0.3 is 30.0 Å². The minimum absolute atomic E-state index is 0.0358. The van der Waals surface area contributed by atoms with Crippen LogP contribution in [0.3, 0.4) is 0 Å². The van der Waals surface area contributed by atoms with Gasteiger partial charge in [-0.2, -0.15) is 0 Å². The lowest BCUT2D eigenvalue weighted by Gasteiger charge is -2.28. The SMILES string of the molecule is C[C@H](NC(=O)COCCOCCOCCOCCN)C(C)(C)C. The van der Waals surface area contributed by atoms with Crippen molar-refractivity contribution in [3.8, 4) is 0 Å². The van der Waals surface area contributed by atoms with Gasteiger partial charge in [-0.05, 0) is 12.3 Å². The largest absolute Gasteiger partial charge is 0.378 e. The Labute approximate surface area is 140 Å². The minimum Gasteiger partial charge on any atom is -0.378 e. The predicted molar refractivity (Wildman–Crippen MR) is 89.4 cm³/mol. The van der Waals surface area contributed by atoms with Crippen molar-refractivity contribution in [3.63, 3.8) is 0 Å². The van der Waals surface area contributed by atoms with E-state index in [2.05, 4.69) is 26.1 Å².